The number of nitrogens with zero attached hydrogens (tertiary/aromatic N) is 2. The quantitative estimate of drug-likeness (QED) is 0.904. The second-order valence-electron chi connectivity index (χ2n) is 5.32. The largest absolute Gasteiger partial charge is 0.373 e. The van der Waals surface area contributed by atoms with Crippen LogP contribution in [0, 0.1) is 5.92 Å². The average molecular weight is 261 g/mol. The summed E-state index contributed by atoms with van der Waals surface area (Å²) in [5.74, 6) is 1.52. The fourth-order valence-corrected chi connectivity index (χ4v) is 2.75. The first-order valence-electron chi connectivity index (χ1n) is 7.00. The zero-order valence-corrected chi connectivity index (χ0v) is 12.0. The van der Waals surface area contributed by atoms with E-state index in [0.29, 0.717) is 11.8 Å². The molecule has 19 heavy (non-hydrogen) atoms. The van der Waals surface area contributed by atoms with Crippen LogP contribution in [0.25, 0.3) is 0 Å². The van der Waals surface area contributed by atoms with Crippen molar-refractivity contribution in [2.24, 2.45) is 5.92 Å². The van der Waals surface area contributed by atoms with E-state index < -0.39 is 0 Å². The molecule has 0 radical (unpaired) electrons. The van der Waals surface area contributed by atoms with Gasteiger partial charge >= 0.3 is 0 Å². The van der Waals surface area contributed by atoms with Gasteiger partial charge in [0.15, 0.2) is 0 Å². The van der Waals surface area contributed by atoms with Gasteiger partial charge in [-0.05, 0) is 57.5 Å². The Morgan fingerprint density at radius 3 is 2.74 bits per heavy atom. The van der Waals surface area contributed by atoms with Crippen LogP contribution in [0.3, 0.4) is 0 Å². The average Bonchev–Trinajstić information content (AvgIpc) is 2.46. The molecule has 1 N–H and O–H groups in total. The van der Waals surface area contributed by atoms with Crippen molar-refractivity contribution < 1.29 is 4.79 Å². The maximum absolute atomic E-state index is 11.4. The van der Waals surface area contributed by atoms with Crippen LogP contribution in [-0.2, 0) is 4.79 Å². The van der Waals surface area contributed by atoms with E-state index in [4.69, 9.17) is 0 Å². The highest BCUT2D eigenvalue weighted by Crippen LogP contribution is 2.27. The van der Waals surface area contributed by atoms with E-state index in [1.54, 1.807) is 6.92 Å². The van der Waals surface area contributed by atoms with E-state index in [-0.39, 0.29) is 5.92 Å². The Balaban J connectivity index is 2.00. The molecule has 4 nitrogen and oxygen atoms in total. The molecule has 0 saturated carbocycles. The SMILES string of the molecule is CNc1cc(C(C)N2CCC(C(C)=O)CC2)ccn1. The van der Waals surface area contributed by atoms with E-state index in [1.807, 2.05) is 13.2 Å². The van der Waals surface area contributed by atoms with Gasteiger partial charge in [0.2, 0.25) is 0 Å². The molecule has 4 heteroatoms. The van der Waals surface area contributed by atoms with Crippen molar-refractivity contribution in [3.05, 3.63) is 23.9 Å². The maximum Gasteiger partial charge on any atom is 0.133 e. The normalized spacial score (nSPS) is 19.1. The first-order chi connectivity index (χ1) is 9.11. The molecule has 1 saturated heterocycles. The fourth-order valence-electron chi connectivity index (χ4n) is 2.75. The third-order valence-corrected chi connectivity index (χ3v) is 4.17. The van der Waals surface area contributed by atoms with Crippen LogP contribution in [0.1, 0.15) is 38.3 Å². The summed E-state index contributed by atoms with van der Waals surface area (Å²) in [6.45, 7) is 5.94. The lowest BCUT2D eigenvalue weighted by Gasteiger charge is -2.35. The number of ketones is 1. The maximum atomic E-state index is 11.4. The lowest BCUT2D eigenvalue weighted by atomic mass is 9.92. The summed E-state index contributed by atoms with van der Waals surface area (Å²) in [6, 6.07) is 4.55. The number of nitrogens with one attached hydrogen (secondary N) is 1. The number of likely N-dealkylation sites (tertiary alicyclic amines) is 1. The van der Waals surface area contributed by atoms with Crippen molar-refractivity contribution in [3.63, 3.8) is 0 Å². The van der Waals surface area contributed by atoms with Crippen molar-refractivity contribution >= 4 is 11.6 Å². The van der Waals surface area contributed by atoms with Crippen LogP contribution in [0.2, 0.25) is 0 Å². The van der Waals surface area contributed by atoms with E-state index in [0.717, 1.165) is 31.7 Å². The molecule has 1 aliphatic rings. The molecule has 1 unspecified atom stereocenters. The smallest absolute Gasteiger partial charge is 0.133 e. The predicted octanol–water partition coefficient (Wildman–Crippen LogP) is 2.49. The Kier molecular flexibility index (Phi) is 4.53. The molecule has 2 rings (SSSR count). The van der Waals surface area contributed by atoms with Gasteiger partial charge in [-0.3, -0.25) is 9.69 Å². The molecule has 2 heterocycles. The third-order valence-electron chi connectivity index (χ3n) is 4.17. The fraction of sp³-hybridized carbons (Fsp3) is 0.600. The Morgan fingerprint density at radius 2 is 2.16 bits per heavy atom. The molecule has 0 aromatic carbocycles. The standard InChI is InChI=1S/C15H23N3O/c1-11(14-4-7-17-15(10-14)16-3)18-8-5-13(6-9-18)12(2)19/h4,7,10-11,13H,5-6,8-9H2,1-3H3,(H,16,17). The van der Waals surface area contributed by atoms with Gasteiger partial charge in [-0.25, -0.2) is 4.98 Å². The van der Waals surface area contributed by atoms with Crippen molar-refractivity contribution in [2.75, 3.05) is 25.5 Å². The van der Waals surface area contributed by atoms with Crippen molar-refractivity contribution in [1.29, 1.82) is 0 Å². The molecule has 0 bridgehead atoms. The first kappa shape index (κ1) is 14.0. The molecule has 1 fully saturated rings. The number of hydrogen-bond acceptors (Lipinski definition) is 4. The molecule has 0 aliphatic carbocycles. The number of rotatable bonds is 4. The molecule has 0 amide bonds. The molecular weight excluding hydrogens is 238 g/mol. The van der Waals surface area contributed by atoms with E-state index in [9.17, 15) is 4.79 Å². The number of pyridine rings is 1. The lowest BCUT2D eigenvalue weighted by molar-refractivity contribution is -0.122. The molecule has 1 aromatic heterocycles. The summed E-state index contributed by atoms with van der Waals surface area (Å²) >= 11 is 0. The van der Waals surface area contributed by atoms with Gasteiger partial charge in [0.1, 0.15) is 11.6 Å². The summed E-state index contributed by atoms with van der Waals surface area (Å²) < 4.78 is 0. The van der Waals surface area contributed by atoms with Crippen LogP contribution >= 0.6 is 0 Å². The van der Waals surface area contributed by atoms with Crippen LogP contribution in [0.5, 0.6) is 0 Å². The summed E-state index contributed by atoms with van der Waals surface area (Å²) in [7, 11) is 1.88. The summed E-state index contributed by atoms with van der Waals surface area (Å²) in [6.07, 6.45) is 3.83. The number of piperidine rings is 1. The Hall–Kier alpha value is -1.42. The van der Waals surface area contributed by atoms with Crippen molar-refractivity contribution in [1.82, 2.24) is 9.88 Å². The molecule has 1 aliphatic heterocycles. The summed E-state index contributed by atoms with van der Waals surface area (Å²) in [4.78, 5) is 18.1. The van der Waals surface area contributed by atoms with Gasteiger partial charge in [-0.15, -0.1) is 0 Å². The van der Waals surface area contributed by atoms with E-state index in [1.165, 1.54) is 5.56 Å². The Morgan fingerprint density at radius 1 is 1.47 bits per heavy atom. The van der Waals surface area contributed by atoms with Gasteiger partial charge in [-0.1, -0.05) is 0 Å². The minimum atomic E-state index is 0.272. The minimum Gasteiger partial charge on any atom is -0.373 e. The van der Waals surface area contributed by atoms with Crippen molar-refractivity contribution in [2.45, 2.75) is 32.7 Å². The Labute approximate surface area is 115 Å². The molecule has 0 spiro atoms. The van der Waals surface area contributed by atoms with Gasteiger partial charge in [0.05, 0.1) is 0 Å². The zero-order valence-electron chi connectivity index (χ0n) is 12.0. The number of carbonyl (C=O) groups excluding carboxylic acids is 1. The van der Waals surface area contributed by atoms with Crippen LogP contribution in [0.15, 0.2) is 18.3 Å². The number of aromatic nitrogens is 1. The lowest BCUT2D eigenvalue weighted by Crippen LogP contribution is -2.37. The van der Waals surface area contributed by atoms with Crippen LogP contribution in [0.4, 0.5) is 5.82 Å². The highest BCUT2D eigenvalue weighted by Gasteiger charge is 2.25. The minimum absolute atomic E-state index is 0.272. The molecule has 104 valence electrons. The zero-order chi connectivity index (χ0) is 13.8. The van der Waals surface area contributed by atoms with Crippen LogP contribution in [-0.4, -0.2) is 35.8 Å². The summed E-state index contributed by atoms with van der Waals surface area (Å²) in [5.41, 5.74) is 1.28. The molecule has 1 aromatic rings. The number of carbonyl (C=O) groups is 1. The van der Waals surface area contributed by atoms with E-state index >= 15 is 0 Å². The second kappa shape index (κ2) is 6.15. The van der Waals surface area contributed by atoms with Crippen molar-refractivity contribution in [3.8, 4) is 0 Å². The first-order valence-corrected chi connectivity index (χ1v) is 7.00. The molecule has 1 atom stereocenters. The van der Waals surface area contributed by atoms with Gasteiger partial charge < -0.3 is 5.32 Å². The number of anilines is 1. The monoisotopic (exact) mass is 261 g/mol. The topological polar surface area (TPSA) is 45.2 Å². The van der Waals surface area contributed by atoms with E-state index in [2.05, 4.69) is 34.3 Å². The summed E-state index contributed by atoms with van der Waals surface area (Å²) in [5, 5.41) is 3.07. The highest BCUT2D eigenvalue weighted by molar-refractivity contribution is 5.78. The number of hydrogen-bond donors (Lipinski definition) is 1. The highest BCUT2D eigenvalue weighted by atomic mass is 16.1. The van der Waals surface area contributed by atoms with Gasteiger partial charge in [-0.2, -0.15) is 0 Å². The van der Waals surface area contributed by atoms with Crippen LogP contribution < -0.4 is 5.32 Å². The van der Waals surface area contributed by atoms with Gasteiger partial charge in [0.25, 0.3) is 0 Å². The third kappa shape index (κ3) is 3.32. The number of Topliss-reactive ketones (excluding diaryl/α,β-unsaturated/α-hetero) is 1. The van der Waals surface area contributed by atoms with Gasteiger partial charge in [0, 0.05) is 25.2 Å². The second-order valence-corrected chi connectivity index (χ2v) is 5.32. The molecular formula is C15H23N3O. The predicted molar refractivity (Wildman–Crippen MR) is 77.2 cm³/mol. The Bertz CT molecular complexity index is 439.